The third kappa shape index (κ3) is 6.64. The van der Waals surface area contributed by atoms with Gasteiger partial charge in [0.1, 0.15) is 5.82 Å². The first-order valence-corrected chi connectivity index (χ1v) is 7.94. The molecule has 0 radical (unpaired) electrons. The molecule has 0 fully saturated rings. The highest BCUT2D eigenvalue weighted by molar-refractivity contribution is 6.31. The lowest BCUT2D eigenvalue weighted by atomic mass is 10.2. The molecule has 0 atom stereocenters. The largest absolute Gasteiger partial charge is 0.383 e. The molecule has 1 heterocycles. The summed E-state index contributed by atoms with van der Waals surface area (Å²) in [4.78, 5) is 6.98. The van der Waals surface area contributed by atoms with Gasteiger partial charge in [-0.15, -0.1) is 0 Å². The van der Waals surface area contributed by atoms with Crippen molar-refractivity contribution in [3.8, 4) is 0 Å². The first-order valence-electron chi connectivity index (χ1n) is 7.56. The molecule has 0 aromatic carbocycles. The number of halogens is 1. The molecule has 0 aliphatic carbocycles. The summed E-state index contributed by atoms with van der Waals surface area (Å²) in [5.41, 5.74) is 0.897. The molecule has 0 aliphatic heterocycles. The Labute approximate surface area is 133 Å². The second-order valence-corrected chi connectivity index (χ2v) is 6.37. The SMILES string of the molecule is COCCN(CC(C)C)c1ccc(Cl)c(CNC(C)C)n1. The molecule has 4 nitrogen and oxygen atoms in total. The Balaban J connectivity index is 2.88. The molecule has 0 saturated carbocycles. The normalized spacial score (nSPS) is 11.4. The van der Waals surface area contributed by atoms with Gasteiger partial charge in [-0.05, 0) is 18.1 Å². The fourth-order valence-corrected chi connectivity index (χ4v) is 2.19. The van der Waals surface area contributed by atoms with Crippen LogP contribution in [-0.4, -0.2) is 37.8 Å². The van der Waals surface area contributed by atoms with Crippen molar-refractivity contribution in [3.63, 3.8) is 0 Å². The van der Waals surface area contributed by atoms with Crippen LogP contribution in [0.15, 0.2) is 12.1 Å². The molecule has 0 amide bonds. The molecule has 0 saturated heterocycles. The van der Waals surface area contributed by atoms with Crippen LogP contribution in [0.5, 0.6) is 0 Å². The van der Waals surface area contributed by atoms with Gasteiger partial charge < -0.3 is 15.0 Å². The topological polar surface area (TPSA) is 37.4 Å². The van der Waals surface area contributed by atoms with Crippen molar-refractivity contribution >= 4 is 17.4 Å². The molecule has 120 valence electrons. The van der Waals surface area contributed by atoms with Gasteiger partial charge in [-0.25, -0.2) is 4.98 Å². The summed E-state index contributed by atoms with van der Waals surface area (Å²) in [6.07, 6.45) is 0. The van der Waals surface area contributed by atoms with E-state index in [4.69, 9.17) is 21.3 Å². The van der Waals surface area contributed by atoms with E-state index < -0.39 is 0 Å². The second kappa shape index (κ2) is 9.23. The summed E-state index contributed by atoms with van der Waals surface area (Å²) in [5, 5.41) is 4.07. The van der Waals surface area contributed by atoms with Crippen LogP contribution in [-0.2, 0) is 11.3 Å². The number of hydrogen-bond donors (Lipinski definition) is 1. The standard InChI is InChI=1S/C16H28ClN3O/c1-12(2)11-20(8-9-21-5)16-7-6-14(17)15(19-16)10-18-13(3)4/h6-7,12-13,18H,8-11H2,1-5H3. The molecule has 21 heavy (non-hydrogen) atoms. The molecule has 1 aromatic rings. The van der Waals surface area contributed by atoms with Crippen molar-refractivity contribution in [2.75, 3.05) is 31.7 Å². The summed E-state index contributed by atoms with van der Waals surface area (Å²) >= 11 is 6.25. The highest BCUT2D eigenvalue weighted by atomic mass is 35.5. The van der Waals surface area contributed by atoms with Gasteiger partial charge in [0, 0.05) is 32.8 Å². The molecule has 1 rings (SSSR count). The van der Waals surface area contributed by atoms with Crippen molar-refractivity contribution < 1.29 is 4.74 Å². The average molecular weight is 314 g/mol. The number of rotatable bonds is 9. The Bertz CT molecular complexity index is 424. The lowest BCUT2D eigenvalue weighted by molar-refractivity contribution is 0.204. The number of nitrogens with one attached hydrogen (secondary N) is 1. The van der Waals surface area contributed by atoms with E-state index in [1.165, 1.54) is 0 Å². The number of anilines is 1. The van der Waals surface area contributed by atoms with Crippen LogP contribution >= 0.6 is 11.6 Å². The van der Waals surface area contributed by atoms with Crippen LogP contribution in [0.3, 0.4) is 0 Å². The van der Waals surface area contributed by atoms with Gasteiger partial charge in [0.25, 0.3) is 0 Å². The van der Waals surface area contributed by atoms with E-state index >= 15 is 0 Å². The zero-order chi connectivity index (χ0) is 15.8. The highest BCUT2D eigenvalue weighted by Crippen LogP contribution is 2.20. The number of nitrogens with zero attached hydrogens (tertiary/aromatic N) is 2. The van der Waals surface area contributed by atoms with Gasteiger partial charge in [-0.3, -0.25) is 0 Å². The fraction of sp³-hybridized carbons (Fsp3) is 0.688. The average Bonchev–Trinajstić information content (AvgIpc) is 2.42. The third-order valence-electron chi connectivity index (χ3n) is 3.06. The monoisotopic (exact) mass is 313 g/mol. The third-order valence-corrected chi connectivity index (χ3v) is 3.40. The van der Waals surface area contributed by atoms with Gasteiger partial charge in [0.15, 0.2) is 0 Å². The molecular weight excluding hydrogens is 286 g/mol. The quantitative estimate of drug-likeness (QED) is 0.758. The lowest BCUT2D eigenvalue weighted by Gasteiger charge is -2.26. The van der Waals surface area contributed by atoms with Gasteiger partial charge >= 0.3 is 0 Å². The van der Waals surface area contributed by atoms with Crippen LogP contribution in [0.25, 0.3) is 0 Å². The number of aromatic nitrogens is 1. The van der Waals surface area contributed by atoms with Crippen molar-refractivity contribution in [1.82, 2.24) is 10.3 Å². The zero-order valence-electron chi connectivity index (χ0n) is 13.8. The lowest BCUT2D eigenvalue weighted by Crippen LogP contribution is -2.32. The Morgan fingerprint density at radius 3 is 2.57 bits per heavy atom. The minimum Gasteiger partial charge on any atom is -0.383 e. The minimum absolute atomic E-state index is 0.409. The van der Waals surface area contributed by atoms with Crippen LogP contribution < -0.4 is 10.2 Å². The number of ether oxygens (including phenoxy) is 1. The van der Waals surface area contributed by atoms with E-state index in [1.54, 1.807) is 7.11 Å². The van der Waals surface area contributed by atoms with Gasteiger partial charge in [-0.1, -0.05) is 39.3 Å². The minimum atomic E-state index is 0.409. The fourth-order valence-electron chi connectivity index (χ4n) is 2.02. The van der Waals surface area contributed by atoms with Crippen LogP contribution in [0.4, 0.5) is 5.82 Å². The van der Waals surface area contributed by atoms with Crippen molar-refractivity contribution in [2.24, 2.45) is 5.92 Å². The number of pyridine rings is 1. The molecule has 5 heteroatoms. The maximum Gasteiger partial charge on any atom is 0.129 e. The summed E-state index contributed by atoms with van der Waals surface area (Å²) in [6.45, 7) is 11.8. The second-order valence-electron chi connectivity index (χ2n) is 5.97. The van der Waals surface area contributed by atoms with E-state index in [-0.39, 0.29) is 0 Å². The maximum absolute atomic E-state index is 6.25. The maximum atomic E-state index is 6.25. The first-order chi connectivity index (χ1) is 9.93. The van der Waals surface area contributed by atoms with Gasteiger partial charge in [0.05, 0.1) is 17.3 Å². The first kappa shape index (κ1) is 18.2. The van der Waals surface area contributed by atoms with E-state index in [9.17, 15) is 0 Å². The Morgan fingerprint density at radius 2 is 2.00 bits per heavy atom. The van der Waals surface area contributed by atoms with Gasteiger partial charge in [0.2, 0.25) is 0 Å². The molecule has 0 bridgehead atoms. The van der Waals surface area contributed by atoms with Crippen LogP contribution in [0.2, 0.25) is 5.02 Å². The van der Waals surface area contributed by atoms with Crippen LogP contribution in [0, 0.1) is 5.92 Å². The Morgan fingerprint density at radius 1 is 1.29 bits per heavy atom. The van der Waals surface area contributed by atoms with E-state index in [2.05, 4.69) is 37.9 Å². The molecule has 1 aromatic heterocycles. The Hall–Kier alpha value is -0.840. The van der Waals surface area contributed by atoms with E-state index in [1.807, 2.05) is 12.1 Å². The summed E-state index contributed by atoms with van der Waals surface area (Å²) in [6, 6.07) is 4.33. The molecule has 0 aliphatic rings. The van der Waals surface area contributed by atoms with E-state index in [0.717, 1.165) is 24.6 Å². The highest BCUT2D eigenvalue weighted by Gasteiger charge is 2.12. The zero-order valence-corrected chi connectivity index (χ0v) is 14.6. The summed E-state index contributed by atoms with van der Waals surface area (Å²) in [7, 11) is 1.72. The molecule has 0 unspecified atom stereocenters. The van der Waals surface area contributed by atoms with Crippen molar-refractivity contribution in [3.05, 3.63) is 22.8 Å². The van der Waals surface area contributed by atoms with Crippen molar-refractivity contribution in [2.45, 2.75) is 40.3 Å². The summed E-state index contributed by atoms with van der Waals surface area (Å²) < 4.78 is 5.20. The molecule has 1 N–H and O–H groups in total. The van der Waals surface area contributed by atoms with Crippen LogP contribution in [0.1, 0.15) is 33.4 Å². The Kier molecular flexibility index (Phi) is 8.01. The van der Waals surface area contributed by atoms with Gasteiger partial charge in [-0.2, -0.15) is 0 Å². The predicted molar refractivity (Wildman–Crippen MR) is 90.1 cm³/mol. The summed E-state index contributed by atoms with van der Waals surface area (Å²) in [5.74, 6) is 1.53. The number of methoxy groups -OCH3 is 1. The number of hydrogen-bond acceptors (Lipinski definition) is 4. The van der Waals surface area contributed by atoms with E-state index in [0.29, 0.717) is 30.1 Å². The molecular formula is C16H28ClN3O. The smallest absolute Gasteiger partial charge is 0.129 e. The predicted octanol–water partition coefficient (Wildman–Crippen LogP) is 3.34. The molecule has 0 spiro atoms. The van der Waals surface area contributed by atoms with Crippen molar-refractivity contribution in [1.29, 1.82) is 0 Å².